The maximum absolute atomic E-state index is 11.3. The third kappa shape index (κ3) is 2.58. The van der Waals surface area contributed by atoms with E-state index in [1.807, 2.05) is 22.6 Å². The summed E-state index contributed by atoms with van der Waals surface area (Å²) in [7, 11) is -3.13. The van der Waals surface area contributed by atoms with Crippen molar-refractivity contribution in [3.8, 4) is 10.6 Å². The molecule has 0 unspecified atom stereocenters. The monoisotopic (exact) mass is 366 g/mol. The van der Waals surface area contributed by atoms with E-state index in [0.29, 0.717) is 8.73 Å². The second kappa shape index (κ2) is 4.38. The van der Waals surface area contributed by atoms with Crippen LogP contribution in [0.3, 0.4) is 0 Å². The minimum absolute atomic E-state index is 0.315. The lowest BCUT2D eigenvalue weighted by atomic mass is 10.2. The Balaban J connectivity index is 2.40. The molecule has 0 amide bonds. The smallest absolute Gasteiger partial charge is 0.203 e. The first-order valence-electron chi connectivity index (χ1n) is 4.26. The summed E-state index contributed by atoms with van der Waals surface area (Å²) < 4.78 is 27.3. The van der Waals surface area contributed by atoms with Gasteiger partial charge in [0.2, 0.25) is 3.83 Å². The van der Waals surface area contributed by atoms with E-state index in [-0.39, 0.29) is 0 Å². The van der Waals surface area contributed by atoms with Crippen molar-refractivity contribution in [2.75, 3.05) is 6.26 Å². The molecule has 2 aromatic rings. The molecule has 0 radical (unpaired) electrons. The van der Waals surface area contributed by atoms with Gasteiger partial charge in [-0.25, -0.2) is 13.4 Å². The van der Waals surface area contributed by atoms with Crippen LogP contribution in [0.1, 0.15) is 0 Å². The Bertz CT molecular complexity index is 605. The molecule has 0 spiro atoms. The van der Waals surface area contributed by atoms with Gasteiger partial charge in [0, 0.05) is 34.4 Å². The number of hydrogen-bond acceptors (Lipinski definition) is 5. The second-order valence-electron chi connectivity index (χ2n) is 3.17. The van der Waals surface area contributed by atoms with E-state index in [1.165, 1.54) is 17.8 Å². The molecule has 2 rings (SSSR count). The molecule has 0 saturated carbocycles. The van der Waals surface area contributed by atoms with Crippen LogP contribution in [0.2, 0.25) is 0 Å². The molecule has 0 aliphatic rings. The van der Waals surface area contributed by atoms with Gasteiger partial charge in [-0.05, 0) is 23.7 Å². The molecule has 0 atom stereocenters. The lowest BCUT2D eigenvalue weighted by Crippen LogP contribution is -1.96. The highest BCUT2D eigenvalue weighted by Crippen LogP contribution is 2.23. The zero-order chi connectivity index (χ0) is 11.8. The molecule has 0 saturated heterocycles. The Morgan fingerprint density at radius 1 is 1.25 bits per heavy atom. The van der Waals surface area contributed by atoms with E-state index >= 15 is 0 Å². The fraction of sp³-hybridized carbons (Fsp3) is 0.111. The molecule has 84 valence electrons. The van der Waals surface area contributed by atoms with E-state index in [2.05, 4.69) is 9.36 Å². The topological polar surface area (TPSA) is 59.9 Å². The van der Waals surface area contributed by atoms with E-state index in [1.54, 1.807) is 24.3 Å². The summed E-state index contributed by atoms with van der Waals surface area (Å²) in [6.45, 7) is 0. The Hall–Kier alpha value is -0.540. The Labute approximate surface area is 111 Å². The number of rotatable bonds is 2. The molecule has 0 N–H and O–H groups in total. The fourth-order valence-electron chi connectivity index (χ4n) is 1.17. The van der Waals surface area contributed by atoms with Crippen LogP contribution in [0.4, 0.5) is 0 Å². The normalized spacial score (nSPS) is 11.6. The number of hydrogen-bond donors (Lipinski definition) is 0. The van der Waals surface area contributed by atoms with Gasteiger partial charge in [-0.15, -0.1) is 0 Å². The Kier molecular flexibility index (Phi) is 3.27. The minimum Gasteiger partial charge on any atom is -0.224 e. The van der Waals surface area contributed by atoms with Gasteiger partial charge in [-0.2, -0.15) is 4.37 Å². The van der Waals surface area contributed by atoms with Crippen molar-refractivity contribution in [1.82, 2.24) is 9.36 Å². The summed E-state index contributed by atoms with van der Waals surface area (Å²) in [6.07, 6.45) is 1.19. The summed E-state index contributed by atoms with van der Waals surface area (Å²) in [5.41, 5.74) is 0.882. The third-order valence-electron chi connectivity index (χ3n) is 1.93. The molecule has 0 aliphatic heterocycles. The van der Waals surface area contributed by atoms with Crippen LogP contribution in [0.5, 0.6) is 0 Å². The molecular weight excluding hydrogens is 359 g/mol. The summed E-state index contributed by atoms with van der Waals surface area (Å²) >= 11 is 3.34. The maximum atomic E-state index is 11.3. The highest BCUT2D eigenvalue weighted by molar-refractivity contribution is 14.1. The average molecular weight is 366 g/mol. The summed E-state index contributed by atoms with van der Waals surface area (Å²) in [4.78, 5) is 4.53. The quantitative estimate of drug-likeness (QED) is 0.765. The van der Waals surface area contributed by atoms with Gasteiger partial charge in [0.1, 0.15) is 5.01 Å². The Morgan fingerprint density at radius 2 is 1.88 bits per heavy atom. The maximum Gasteiger partial charge on any atom is 0.203 e. The second-order valence-corrected chi connectivity index (χ2v) is 6.90. The van der Waals surface area contributed by atoms with Gasteiger partial charge in [0.05, 0.1) is 4.90 Å². The summed E-state index contributed by atoms with van der Waals surface area (Å²) in [5.74, 6) is 0. The van der Waals surface area contributed by atoms with Gasteiger partial charge in [-0.3, -0.25) is 0 Å². The van der Waals surface area contributed by atoms with Crippen LogP contribution < -0.4 is 0 Å². The van der Waals surface area contributed by atoms with E-state index in [4.69, 9.17) is 0 Å². The van der Waals surface area contributed by atoms with Crippen LogP contribution in [-0.4, -0.2) is 24.0 Å². The van der Waals surface area contributed by atoms with E-state index < -0.39 is 9.84 Å². The van der Waals surface area contributed by atoms with Crippen molar-refractivity contribution >= 4 is 44.0 Å². The number of halogens is 1. The highest BCUT2D eigenvalue weighted by Gasteiger charge is 2.08. The number of aromatic nitrogens is 2. The lowest BCUT2D eigenvalue weighted by molar-refractivity contribution is 0.602. The van der Waals surface area contributed by atoms with Crippen molar-refractivity contribution in [2.45, 2.75) is 4.90 Å². The molecule has 1 aromatic carbocycles. The minimum atomic E-state index is -3.13. The molecule has 4 nitrogen and oxygen atoms in total. The molecular formula is C9H7IN2O2S2. The molecule has 0 fully saturated rings. The van der Waals surface area contributed by atoms with Gasteiger partial charge >= 0.3 is 0 Å². The Morgan fingerprint density at radius 3 is 2.31 bits per heavy atom. The predicted molar refractivity (Wildman–Crippen MR) is 71.2 cm³/mol. The van der Waals surface area contributed by atoms with Crippen molar-refractivity contribution in [2.24, 2.45) is 0 Å². The highest BCUT2D eigenvalue weighted by atomic mass is 127. The fourth-order valence-corrected chi connectivity index (χ4v) is 3.07. The van der Waals surface area contributed by atoms with Crippen molar-refractivity contribution in [3.05, 3.63) is 28.1 Å². The van der Waals surface area contributed by atoms with Crippen molar-refractivity contribution < 1.29 is 8.42 Å². The van der Waals surface area contributed by atoms with Gasteiger partial charge in [-0.1, -0.05) is 12.1 Å². The van der Waals surface area contributed by atoms with E-state index in [9.17, 15) is 8.42 Å². The van der Waals surface area contributed by atoms with Crippen LogP contribution in [0, 0.1) is 3.83 Å². The van der Waals surface area contributed by atoms with Crippen LogP contribution in [-0.2, 0) is 9.84 Å². The largest absolute Gasteiger partial charge is 0.224 e. The predicted octanol–water partition coefficient (Wildman–Crippen LogP) is 2.21. The first-order chi connectivity index (χ1) is 7.47. The third-order valence-corrected chi connectivity index (χ3v) is 4.63. The summed E-state index contributed by atoms with van der Waals surface area (Å²) in [6, 6.07) is 6.65. The zero-order valence-electron chi connectivity index (χ0n) is 8.21. The van der Waals surface area contributed by atoms with Crippen molar-refractivity contribution in [1.29, 1.82) is 0 Å². The zero-order valence-corrected chi connectivity index (χ0v) is 12.0. The summed E-state index contributed by atoms with van der Waals surface area (Å²) in [5, 5.41) is 0.796. The van der Waals surface area contributed by atoms with Crippen LogP contribution in [0.25, 0.3) is 10.6 Å². The standard InChI is InChI=1S/C9H7IN2O2S2/c1-16(13,14)7-4-2-6(3-5-7)8-11-9(10)12-15-8/h2-5H,1H3. The number of nitrogens with zero attached hydrogens (tertiary/aromatic N) is 2. The molecule has 16 heavy (non-hydrogen) atoms. The molecule has 0 bridgehead atoms. The van der Waals surface area contributed by atoms with Crippen molar-refractivity contribution in [3.63, 3.8) is 0 Å². The number of benzene rings is 1. The molecule has 0 aliphatic carbocycles. The first-order valence-corrected chi connectivity index (χ1v) is 8.01. The lowest BCUT2D eigenvalue weighted by Gasteiger charge is -1.99. The molecule has 1 aromatic heterocycles. The van der Waals surface area contributed by atoms with E-state index in [0.717, 1.165) is 10.6 Å². The van der Waals surface area contributed by atoms with Gasteiger partial charge in [0.25, 0.3) is 0 Å². The van der Waals surface area contributed by atoms with Crippen LogP contribution >= 0.6 is 34.1 Å². The molecule has 1 heterocycles. The average Bonchev–Trinajstić information content (AvgIpc) is 2.64. The van der Waals surface area contributed by atoms with Gasteiger partial charge in [0.15, 0.2) is 9.84 Å². The SMILES string of the molecule is CS(=O)(=O)c1ccc(-c2nc(I)ns2)cc1. The van der Waals surface area contributed by atoms with Crippen LogP contribution in [0.15, 0.2) is 29.2 Å². The number of sulfone groups is 1. The first kappa shape index (κ1) is 11.9. The molecule has 7 heteroatoms. The van der Waals surface area contributed by atoms with Gasteiger partial charge < -0.3 is 0 Å².